The molecular formula is C20H29N3O6S. The van der Waals surface area contributed by atoms with Crippen molar-refractivity contribution >= 4 is 21.8 Å². The van der Waals surface area contributed by atoms with Crippen LogP contribution in [0.4, 0.5) is 0 Å². The van der Waals surface area contributed by atoms with Gasteiger partial charge in [0.15, 0.2) is 11.5 Å². The lowest BCUT2D eigenvalue weighted by Crippen LogP contribution is -2.50. The molecule has 10 heteroatoms. The second-order valence-corrected chi connectivity index (χ2v) is 9.32. The molecule has 3 rings (SSSR count). The van der Waals surface area contributed by atoms with Gasteiger partial charge in [-0.2, -0.15) is 4.31 Å². The Labute approximate surface area is 177 Å². The van der Waals surface area contributed by atoms with E-state index in [4.69, 9.17) is 9.47 Å². The first kappa shape index (κ1) is 22.4. The molecule has 1 aromatic rings. The Balaban J connectivity index is 1.46. The largest absolute Gasteiger partial charge is 0.486 e. The summed E-state index contributed by atoms with van der Waals surface area (Å²) in [5, 5.41) is 2.73. The van der Waals surface area contributed by atoms with Crippen molar-refractivity contribution in [1.29, 1.82) is 0 Å². The molecule has 9 nitrogen and oxygen atoms in total. The van der Waals surface area contributed by atoms with Crippen LogP contribution in [0.2, 0.25) is 0 Å². The zero-order valence-corrected chi connectivity index (χ0v) is 18.1. The zero-order chi connectivity index (χ0) is 21.6. The molecule has 0 saturated carbocycles. The number of hydrogen-bond acceptors (Lipinski definition) is 6. The summed E-state index contributed by atoms with van der Waals surface area (Å²) >= 11 is 0. The molecule has 2 amide bonds. The quantitative estimate of drug-likeness (QED) is 0.606. The molecule has 2 heterocycles. The van der Waals surface area contributed by atoms with E-state index in [2.05, 4.69) is 5.32 Å². The highest BCUT2D eigenvalue weighted by Crippen LogP contribution is 2.33. The van der Waals surface area contributed by atoms with Gasteiger partial charge in [-0.1, -0.05) is 6.42 Å². The molecule has 0 aliphatic carbocycles. The summed E-state index contributed by atoms with van der Waals surface area (Å²) in [7, 11) is -3.65. The van der Waals surface area contributed by atoms with Crippen molar-refractivity contribution < 1.29 is 27.5 Å². The number of amides is 2. The molecule has 1 saturated heterocycles. The Morgan fingerprint density at radius 2 is 1.70 bits per heavy atom. The molecule has 30 heavy (non-hydrogen) atoms. The van der Waals surface area contributed by atoms with E-state index < -0.39 is 10.0 Å². The number of unbranched alkanes of at least 4 members (excludes halogenated alkanes) is 2. The summed E-state index contributed by atoms with van der Waals surface area (Å²) in [5.74, 6) is 0.989. The lowest BCUT2D eigenvalue weighted by atomic mass is 10.1. The molecule has 1 aromatic carbocycles. The van der Waals surface area contributed by atoms with Crippen molar-refractivity contribution in [2.24, 2.45) is 0 Å². The molecule has 0 spiro atoms. The fourth-order valence-corrected chi connectivity index (χ4v) is 4.95. The van der Waals surface area contributed by atoms with Gasteiger partial charge in [0.25, 0.3) is 0 Å². The first-order chi connectivity index (χ1) is 14.4. The number of nitrogens with zero attached hydrogens (tertiary/aromatic N) is 2. The molecule has 166 valence electrons. The maximum absolute atomic E-state index is 13.0. The molecule has 2 aliphatic rings. The third-order valence-corrected chi connectivity index (χ3v) is 7.08. The third kappa shape index (κ3) is 5.63. The van der Waals surface area contributed by atoms with Gasteiger partial charge >= 0.3 is 0 Å². The molecule has 2 aliphatic heterocycles. The highest BCUT2D eigenvalue weighted by molar-refractivity contribution is 7.89. The number of fused-ring (bicyclic) bond motifs is 1. The van der Waals surface area contributed by atoms with Gasteiger partial charge in [-0.25, -0.2) is 8.42 Å². The van der Waals surface area contributed by atoms with Crippen molar-refractivity contribution in [2.45, 2.75) is 37.5 Å². The third-order valence-electron chi connectivity index (χ3n) is 5.18. The summed E-state index contributed by atoms with van der Waals surface area (Å²) in [5.41, 5.74) is 0. The number of benzene rings is 1. The maximum atomic E-state index is 13.0. The van der Waals surface area contributed by atoms with E-state index in [1.165, 1.54) is 23.4 Å². The average Bonchev–Trinajstić information content (AvgIpc) is 2.75. The van der Waals surface area contributed by atoms with E-state index in [0.717, 1.165) is 19.3 Å². The number of hydrogen-bond donors (Lipinski definition) is 1. The van der Waals surface area contributed by atoms with Crippen molar-refractivity contribution in [2.75, 3.05) is 45.9 Å². The summed E-state index contributed by atoms with van der Waals surface area (Å²) in [6.45, 7) is 4.26. The van der Waals surface area contributed by atoms with Crippen molar-refractivity contribution in [3.05, 3.63) is 18.2 Å². The predicted octanol–water partition coefficient (Wildman–Crippen LogP) is 0.987. The van der Waals surface area contributed by atoms with Gasteiger partial charge in [-0.15, -0.1) is 0 Å². The average molecular weight is 440 g/mol. The first-order valence-electron chi connectivity index (χ1n) is 10.3. The second kappa shape index (κ2) is 10.1. The number of rotatable bonds is 8. The standard InChI is InChI=1S/C20H29N3O6S/c1-16(24)21-8-4-2-3-5-20(25)22-9-11-23(12-10-22)30(26,27)17-6-7-18-19(15-17)29-14-13-28-18/h6-7,15H,2-5,8-14H2,1H3,(H,21,24). The normalized spacial score (nSPS) is 16.9. The van der Waals surface area contributed by atoms with Gasteiger partial charge in [0.1, 0.15) is 13.2 Å². The topological polar surface area (TPSA) is 105 Å². The van der Waals surface area contributed by atoms with Gasteiger partial charge < -0.3 is 19.7 Å². The molecule has 0 radical (unpaired) electrons. The molecule has 0 bridgehead atoms. The van der Waals surface area contributed by atoms with Crippen LogP contribution in [0, 0.1) is 0 Å². The van der Waals surface area contributed by atoms with Crippen LogP contribution in [0.1, 0.15) is 32.6 Å². The fraction of sp³-hybridized carbons (Fsp3) is 0.600. The number of carbonyl (C=O) groups excluding carboxylic acids is 2. The lowest BCUT2D eigenvalue weighted by Gasteiger charge is -2.34. The molecule has 0 unspecified atom stereocenters. The van der Waals surface area contributed by atoms with Crippen LogP contribution >= 0.6 is 0 Å². The Morgan fingerprint density at radius 1 is 1.00 bits per heavy atom. The minimum Gasteiger partial charge on any atom is -0.486 e. The van der Waals surface area contributed by atoms with E-state index in [9.17, 15) is 18.0 Å². The zero-order valence-electron chi connectivity index (χ0n) is 17.3. The van der Waals surface area contributed by atoms with E-state index >= 15 is 0 Å². The lowest BCUT2D eigenvalue weighted by molar-refractivity contribution is -0.132. The molecule has 1 fully saturated rings. The number of carbonyl (C=O) groups is 2. The Hall–Kier alpha value is -2.33. The minimum atomic E-state index is -3.65. The van der Waals surface area contributed by atoms with Crippen LogP contribution in [-0.4, -0.2) is 75.4 Å². The molecule has 0 atom stereocenters. The highest BCUT2D eigenvalue weighted by Gasteiger charge is 2.31. The van der Waals surface area contributed by atoms with Crippen LogP contribution in [-0.2, 0) is 19.6 Å². The first-order valence-corrected chi connectivity index (χ1v) is 11.7. The SMILES string of the molecule is CC(=O)NCCCCCC(=O)N1CCN(S(=O)(=O)c2ccc3c(c2)OCCO3)CC1. The van der Waals surface area contributed by atoms with Gasteiger partial charge in [0, 0.05) is 52.1 Å². The monoisotopic (exact) mass is 439 g/mol. The second-order valence-electron chi connectivity index (χ2n) is 7.38. The Kier molecular flexibility index (Phi) is 7.54. The summed E-state index contributed by atoms with van der Waals surface area (Å²) < 4.78 is 38.3. The Bertz CT molecular complexity index is 865. The van der Waals surface area contributed by atoms with Gasteiger partial charge in [0.05, 0.1) is 4.90 Å². The molecular weight excluding hydrogens is 410 g/mol. The van der Waals surface area contributed by atoms with Crippen molar-refractivity contribution in [1.82, 2.24) is 14.5 Å². The van der Waals surface area contributed by atoms with Crippen LogP contribution in [0.5, 0.6) is 11.5 Å². The smallest absolute Gasteiger partial charge is 0.243 e. The molecule has 0 aromatic heterocycles. The van der Waals surface area contributed by atoms with E-state index in [1.54, 1.807) is 11.0 Å². The van der Waals surface area contributed by atoms with E-state index in [-0.39, 0.29) is 29.8 Å². The van der Waals surface area contributed by atoms with Crippen LogP contribution < -0.4 is 14.8 Å². The van der Waals surface area contributed by atoms with Crippen molar-refractivity contribution in [3.63, 3.8) is 0 Å². The molecule has 1 N–H and O–H groups in total. The highest BCUT2D eigenvalue weighted by atomic mass is 32.2. The fourth-order valence-electron chi connectivity index (χ4n) is 3.51. The van der Waals surface area contributed by atoms with Crippen LogP contribution in [0.15, 0.2) is 23.1 Å². The van der Waals surface area contributed by atoms with Gasteiger partial charge in [-0.3, -0.25) is 9.59 Å². The number of nitrogens with one attached hydrogen (secondary N) is 1. The summed E-state index contributed by atoms with van der Waals surface area (Å²) in [6.07, 6.45) is 2.90. The van der Waals surface area contributed by atoms with E-state index in [1.807, 2.05) is 0 Å². The summed E-state index contributed by atoms with van der Waals surface area (Å²) in [6, 6.07) is 4.65. The van der Waals surface area contributed by atoms with Crippen LogP contribution in [0.25, 0.3) is 0 Å². The minimum absolute atomic E-state index is 0.0462. The van der Waals surface area contributed by atoms with E-state index in [0.29, 0.717) is 50.8 Å². The number of ether oxygens (including phenoxy) is 2. The maximum Gasteiger partial charge on any atom is 0.243 e. The Morgan fingerprint density at radius 3 is 2.40 bits per heavy atom. The van der Waals surface area contributed by atoms with Gasteiger partial charge in [0.2, 0.25) is 21.8 Å². The van der Waals surface area contributed by atoms with Crippen LogP contribution in [0.3, 0.4) is 0 Å². The summed E-state index contributed by atoms with van der Waals surface area (Å²) in [4.78, 5) is 25.1. The van der Waals surface area contributed by atoms with Crippen molar-refractivity contribution in [3.8, 4) is 11.5 Å². The predicted molar refractivity (Wildman–Crippen MR) is 110 cm³/mol. The number of sulfonamides is 1. The van der Waals surface area contributed by atoms with Gasteiger partial charge in [-0.05, 0) is 25.0 Å². The number of piperazine rings is 1.